The Morgan fingerprint density at radius 3 is 2.29 bits per heavy atom. The summed E-state index contributed by atoms with van der Waals surface area (Å²) in [4.78, 5) is 40.9. The van der Waals surface area contributed by atoms with E-state index in [1.807, 2.05) is 19.9 Å². The van der Waals surface area contributed by atoms with E-state index in [9.17, 15) is 19.5 Å². The van der Waals surface area contributed by atoms with E-state index in [2.05, 4.69) is 15.6 Å². The lowest BCUT2D eigenvalue weighted by Gasteiger charge is -2.26. The van der Waals surface area contributed by atoms with Crippen LogP contribution in [0.15, 0.2) is 35.3 Å². The zero-order valence-corrected chi connectivity index (χ0v) is 18.1. The average molecular weight is 435 g/mol. The van der Waals surface area contributed by atoms with Gasteiger partial charge in [-0.25, -0.2) is 4.79 Å². The number of carboxylic acids is 1. The molecule has 10 heteroatoms. The lowest BCUT2D eigenvalue weighted by molar-refractivity contribution is -0.142. The van der Waals surface area contributed by atoms with E-state index >= 15 is 0 Å². The number of guanidine groups is 1. The van der Waals surface area contributed by atoms with E-state index in [0.717, 1.165) is 5.56 Å². The largest absolute Gasteiger partial charge is 0.480 e. The van der Waals surface area contributed by atoms with Crippen molar-refractivity contribution in [3.8, 4) is 0 Å². The fourth-order valence-corrected chi connectivity index (χ4v) is 2.92. The summed E-state index contributed by atoms with van der Waals surface area (Å²) in [5.74, 6) is -2.44. The molecule has 31 heavy (non-hydrogen) atoms. The standard InChI is InChI=1S/C21H34N6O4/c1-3-13(2)17(27-18(28)15(22)10-7-11-25-21(23)24)19(29)26-16(20(30)31)12-14-8-5-4-6-9-14/h4-6,8-9,13,15-17H,3,7,10-12,22H2,1-2H3,(H,26,29)(H,27,28)(H,30,31)(H4,23,24,25). The molecule has 0 aromatic heterocycles. The Balaban J connectivity index is 2.77. The number of nitrogens with zero attached hydrogens (tertiary/aromatic N) is 1. The highest BCUT2D eigenvalue weighted by molar-refractivity contribution is 5.92. The molecule has 4 unspecified atom stereocenters. The summed E-state index contributed by atoms with van der Waals surface area (Å²) in [5, 5.41) is 14.8. The Morgan fingerprint density at radius 2 is 1.74 bits per heavy atom. The van der Waals surface area contributed by atoms with Crippen LogP contribution in [0.4, 0.5) is 0 Å². The quantitative estimate of drug-likeness (QED) is 0.140. The third-order valence-electron chi connectivity index (χ3n) is 4.99. The monoisotopic (exact) mass is 434 g/mol. The third kappa shape index (κ3) is 9.47. The number of benzene rings is 1. The second-order valence-corrected chi connectivity index (χ2v) is 7.52. The van der Waals surface area contributed by atoms with Crippen molar-refractivity contribution in [3.05, 3.63) is 35.9 Å². The first kappa shape index (κ1) is 25.9. The minimum atomic E-state index is -1.15. The van der Waals surface area contributed by atoms with E-state index in [0.29, 0.717) is 25.8 Å². The van der Waals surface area contributed by atoms with E-state index < -0.39 is 35.9 Å². The first-order valence-corrected chi connectivity index (χ1v) is 10.3. The first-order valence-electron chi connectivity index (χ1n) is 10.3. The Bertz CT molecular complexity index is 751. The molecule has 9 N–H and O–H groups in total. The van der Waals surface area contributed by atoms with Crippen molar-refractivity contribution in [1.82, 2.24) is 10.6 Å². The number of nitrogens with one attached hydrogen (secondary N) is 2. The number of amides is 2. The van der Waals surface area contributed by atoms with Crippen LogP contribution in [0.5, 0.6) is 0 Å². The Hall–Kier alpha value is -3.14. The van der Waals surface area contributed by atoms with Crippen LogP contribution in [0, 0.1) is 5.92 Å². The van der Waals surface area contributed by atoms with Crippen LogP contribution in [-0.2, 0) is 20.8 Å². The number of carboxylic acid groups (broad SMARTS) is 1. The summed E-state index contributed by atoms with van der Waals surface area (Å²) >= 11 is 0. The molecule has 2 amide bonds. The van der Waals surface area contributed by atoms with Gasteiger partial charge >= 0.3 is 5.97 Å². The number of aliphatic carboxylic acids is 1. The lowest BCUT2D eigenvalue weighted by atomic mass is 9.96. The third-order valence-corrected chi connectivity index (χ3v) is 4.99. The molecular formula is C21H34N6O4. The highest BCUT2D eigenvalue weighted by atomic mass is 16.4. The smallest absolute Gasteiger partial charge is 0.326 e. The number of carbonyl (C=O) groups is 3. The zero-order chi connectivity index (χ0) is 23.4. The predicted octanol–water partition coefficient (Wildman–Crippen LogP) is -0.290. The molecule has 0 saturated heterocycles. The van der Waals surface area contributed by atoms with E-state index in [-0.39, 0.29) is 18.3 Å². The van der Waals surface area contributed by atoms with Gasteiger partial charge in [-0.3, -0.25) is 14.6 Å². The van der Waals surface area contributed by atoms with Crippen molar-refractivity contribution in [3.63, 3.8) is 0 Å². The SMILES string of the molecule is CCC(C)C(NC(=O)C(N)CCCN=C(N)N)C(=O)NC(Cc1ccccc1)C(=O)O. The van der Waals surface area contributed by atoms with Crippen molar-refractivity contribution >= 4 is 23.7 Å². The van der Waals surface area contributed by atoms with Gasteiger partial charge in [-0.15, -0.1) is 0 Å². The lowest BCUT2D eigenvalue weighted by Crippen LogP contribution is -2.57. The molecule has 0 saturated carbocycles. The summed E-state index contributed by atoms with van der Waals surface area (Å²) in [6.07, 6.45) is 1.58. The molecule has 1 rings (SSSR count). The van der Waals surface area contributed by atoms with Gasteiger partial charge in [0.25, 0.3) is 0 Å². The topological polar surface area (TPSA) is 186 Å². The summed E-state index contributed by atoms with van der Waals surface area (Å²) in [6.45, 7) is 4.03. The van der Waals surface area contributed by atoms with E-state index in [1.165, 1.54) is 0 Å². The Morgan fingerprint density at radius 1 is 1.10 bits per heavy atom. The second kappa shape index (κ2) is 13.2. The molecule has 0 aliphatic rings. The maximum atomic E-state index is 12.9. The molecule has 1 aromatic rings. The van der Waals surface area contributed by atoms with Gasteiger partial charge in [-0.05, 0) is 24.3 Å². The van der Waals surface area contributed by atoms with Crippen molar-refractivity contribution in [2.24, 2.45) is 28.1 Å². The highest BCUT2D eigenvalue weighted by Crippen LogP contribution is 2.11. The predicted molar refractivity (Wildman–Crippen MR) is 119 cm³/mol. The van der Waals surface area contributed by atoms with Gasteiger partial charge in [0, 0.05) is 13.0 Å². The Labute approximate surface area is 182 Å². The Kier molecular flexibility index (Phi) is 11.0. The number of aliphatic imine (C=N–C) groups is 1. The fourth-order valence-electron chi connectivity index (χ4n) is 2.92. The number of nitrogens with two attached hydrogens (primary N) is 3. The van der Waals surface area contributed by atoms with Gasteiger partial charge in [0.05, 0.1) is 6.04 Å². The minimum absolute atomic E-state index is 0.0324. The van der Waals surface area contributed by atoms with E-state index in [4.69, 9.17) is 17.2 Å². The van der Waals surface area contributed by atoms with Crippen LogP contribution >= 0.6 is 0 Å². The molecule has 0 bridgehead atoms. The number of rotatable bonds is 13. The van der Waals surface area contributed by atoms with Gasteiger partial charge in [0.1, 0.15) is 12.1 Å². The second-order valence-electron chi connectivity index (χ2n) is 7.52. The zero-order valence-electron chi connectivity index (χ0n) is 18.1. The summed E-state index contributed by atoms with van der Waals surface area (Å²) in [5.41, 5.74) is 17.2. The van der Waals surface area contributed by atoms with Gasteiger partial charge in [0.15, 0.2) is 5.96 Å². The molecule has 0 radical (unpaired) electrons. The molecule has 10 nitrogen and oxygen atoms in total. The van der Waals surface area contributed by atoms with Gasteiger partial charge in [-0.1, -0.05) is 50.6 Å². The van der Waals surface area contributed by atoms with Crippen molar-refractivity contribution < 1.29 is 19.5 Å². The van der Waals surface area contributed by atoms with E-state index in [1.54, 1.807) is 24.3 Å². The molecule has 4 atom stereocenters. The summed E-state index contributed by atoms with van der Waals surface area (Å²) in [6, 6.07) is 6.14. The summed E-state index contributed by atoms with van der Waals surface area (Å²) in [7, 11) is 0. The molecule has 0 aliphatic heterocycles. The fraction of sp³-hybridized carbons (Fsp3) is 0.524. The van der Waals surface area contributed by atoms with Crippen LogP contribution in [0.3, 0.4) is 0 Å². The number of carbonyl (C=O) groups excluding carboxylic acids is 2. The number of hydrogen-bond donors (Lipinski definition) is 6. The van der Waals surface area contributed by atoms with Crippen LogP contribution in [-0.4, -0.2) is 53.5 Å². The number of hydrogen-bond acceptors (Lipinski definition) is 5. The maximum absolute atomic E-state index is 12.9. The first-order chi connectivity index (χ1) is 14.6. The molecule has 0 aliphatic carbocycles. The molecule has 172 valence electrons. The van der Waals surface area contributed by atoms with Crippen LogP contribution in [0.25, 0.3) is 0 Å². The molecule has 0 spiro atoms. The van der Waals surface area contributed by atoms with Gasteiger partial charge in [0.2, 0.25) is 11.8 Å². The molecule has 1 aromatic carbocycles. The normalized spacial score (nSPS) is 14.5. The van der Waals surface area contributed by atoms with Crippen LogP contribution in [0.2, 0.25) is 0 Å². The average Bonchev–Trinajstić information content (AvgIpc) is 2.74. The molecular weight excluding hydrogens is 400 g/mol. The van der Waals surface area contributed by atoms with Crippen molar-refractivity contribution in [2.45, 2.75) is 57.7 Å². The maximum Gasteiger partial charge on any atom is 0.326 e. The van der Waals surface area contributed by atoms with Crippen molar-refractivity contribution in [2.75, 3.05) is 6.54 Å². The molecule has 0 heterocycles. The van der Waals surface area contributed by atoms with Gasteiger partial charge in [-0.2, -0.15) is 0 Å². The summed E-state index contributed by atoms with van der Waals surface area (Å²) < 4.78 is 0. The molecule has 0 fully saturated rings. The van der Waals surface area contributed by atoms with Crippen LogP contribution in [0.1, 0.15) is 38.7 Å². The van der Waals surface area contributed by atoms with Crippen molar-refractivity contribution in [1.29, 1.82) is 0 Å². The van der Waals surface area contributed by atoms with Gasteiger partial charge < -0.3 is 32.9 Å². The highest BCUT2D eigenvalue weighted by Gasteiger charge is 2.31. The minimum Gasteiger partial charge on any atom is -0.480 e. The van der Waals surface area contributed by atoms with Crippen LogP contribution < -0.4 is 27.8 Å².